The predicted octanol–water partition coefficient (Wildman–Crippen LogP) is 5.26. The number of fused-ring (bicyclic) bond motifs is 2. The van der Waals surface area contributed by atoms with Gasteiger partial charge >= 0.3 is 0 Å². The van der Waals surface area contributed by atoms with Crippen molar-refractivity contribution in [2.45, 2.75) is 13.5 Å². The number of hydrogen-bond acceptors (Lipinski definition) is 5. The van der Waals surface area contributed by atoms with E-state index in [0.717, 1.165) is 22.3 Å². The molecule has 0 amide bonds. The van der Waals surface area contributed by atoms with Crippen LogP contribution in [-0.4, -0.2) is 15.0 Å². The van der Waals surface area contributed by atoms with Crippen molar-refractivity contribution in [3.63, 3.8) is 0 Å². The Morgan fingerprint density at radius 3 is 2.53 bits per heavy atom. The minimum Gasteiger partial charge on any atom is -0.379 e. The van der Waals surface area contributed by atoms with Crippen LogP contribution < -0.4 is 10.7 Å². The fourth-order valence-corrected chi connectivity index (χ4v) is 3.71. The first kappa shape index (κ1) is 19.8. The van der Waals surface area contributed by atoms with Crippen LogP contribution in [-0.2, 0) is 6.54 Å². The van der Waals surface area contributed by atoms with Gasteiger partial charge in [-0.15, -0.1) is 0 Å². The summed E-state index contributed by atoms with van der Waals surface area (Å²) < 4.78 is 13.2. The Kier molecular flexibility index (Phi) is 5.03. The van der Waals surface area contributed by atoms with Crippen LogP contribution in [0.4, 0.5) is 10.1 Å². The van der Waals surface area contributed by atoms with E-state index in [1.54, 1.807) is 24.5 Å². The van der Waals surface area contributed by atoms with Gasteiger partial charge in [-0.25, -0.2) is 4.98 Å². The Balaban J connectivity index is 1.58. The zero-order valence-corrected chi connectivity index (χ0v) is 17.3. The smallest absolute Gasteiger partial charge is 0.212 e. The third kappa shape index (κ3) is 3.78. The highest BCUT2D eigenvalue weighted by atomic mass is 19.1. The van der Waals surface area contributed by atoms with E-state index >= 15 is 0 Å². The highest BCUT2D eigenvalue weighted by Crippen LogP contribution is 2.23. The van der Waals surface area contributed by atoms with Crippen molar-refractivity contribution in [3.05, 3.63) is 107 Å². The molecular weight excluding hydrogens is 403 g/mol. The third-order valence-corrected chi connectivity index (χ3v) is 5.52. The molecule has 3 heterocycles. The Hall–Kier alpha value is -4.19. The molecule has 1 N–H and O–H groups in total. The zero-order chi connectivity index (χ0) is 22.1. The van der Waals surface area contributed by atoms with Gasteiger partial charge in [-0.1, -0.05) is 18.2 Å². The third-order valence-electron chi connectivity index (χ3n) is 5.52. The molecule has 0 aliphatic heterocycles. The lowest BCUT2D eigenvalue weighted by Gasteiger charge is -2.08. The zero-order valence-electron chi connectivity index (χ0n) is 17.3. The van der Waals surface area contributed by atoms with Gasteiger partial charge in [-0.2, -0.15) is 4.39 Å². The van der Waals surface area contributed by atoms with Crippen LogP contribution in [0.3, 0.4) is 0 Å². The summed E-state index contributed by atoms with van der Waals surface area (Å²) in [6.07, 6.45) is 4.88. The van der Waals surface area contributed by atoms with E-state index in [4.69, 9.17) is 0 Å². The second kappa shape index (κ2) is 8.15. The van der Waals surface area contributed by atoms with E-state index in [1.807, 2.05) is 49.4 Å². The molecule has 0 atom stereocenters. The summed E-state index contributed by atoms with van der Waals surface area (Å²) in [5, 5.41) is 5.29. The van der Waals surface area contributed by atoms with E-state index < -0.39 is 5.95 Å². The molecule has 5 aromatic rings. The monoisotopic (exact) mass is 422 g/mol. The number of nitrogens with one attached hydrogen (secondary N) is 1. The number of pyridine rings is 3. The van der Waals surface area contributed by atoms with Gasteiger partial charge in [0.15, 0.2) is 5.43 Å². The Bertz CT molecular complexity index is 1520. The number of aryl methyl sites for hydroxylation is 1. The number of hydrogen-bond donors (Lipinski definition) is 1. The number of halogens is 1. The SMILES string of the molecule is Cc1cccnc1CNc1ccc2ccc3ncc(-c4ccc(F)nc4)cc3c(=O)c2c1. The molecule has 5 rings (SSSR count). The van der Waals surface area contributed by atoms with Gasteiger partial charge in [0, 0.05) is 46.2 Å². The fraction of sp³-hybridized carbons (Fsp3) is 0.0769. The second-order valence-corrected chi connectivity index (χ2v) is 7.61. The molecular formula is C26H19FN4O. The maximum Gasteiger partial charge on any atom is 0.212 e. The maximum atomic E-state index is 13.5. The van der Waals surface area contributed by atoms with E-state index in [9.17, 15) is 9.18 Å². The molecule has 2 aromatic carbocycles. The number of anilines is 1. The van der Waals surface area contributed by atoms with Gasteiger partial charge in [0.2, 0.25) is 5.95 Å². The highest BCUT2D eigenvalue weighted by Gasteiger charge is 2.08. The van der Waals surface area contributed by atoms with E-state index in [2.05, 4.69) is 20.3 Å². The van der Waals surface area contributed by atoms with Crippen molar-refractivity contribution in [3.8, 4) is 11.1 Å². The van der Waals surface area contributed by atoms with E-state index in [0.29, 0.717) is 34.0 Å². The van der Waals surface area contributed by atoms with Gasteiger partial charge in [0.1, 0.15) is 0 Å². The van der Waals surface area contributed by atoms with Crippen molar-refractivity contribution in [2.75, 3.05) is 5.32 Å². The summed E-state index contributed by atoms with van der Waals surface area (Å²) in [5.41, 5.74) is 4.80. The largest absolute Gasteiger partial charge is 0.379 e. The summed E-state index contributed by atoms with van der Waals surface area (Å²) in [4.78, 5) is 26.0. The predicted molar refractivity (Wildman–Crippen MR) is 125 cm³/mol. The van der Waals surface area contributed by atoms with Gasteiger partial charge in [-0.05, 0) is 60.3 Å². The summed E-state index contributed by atoms with van der Waals surface area (Å²) >= 11 is 0. The van der Waals surface area contributed by atoms with Crippen LogP contribution in [0.5, 0.6) is 0 Å². The average molecular weight is 422 g/mol. The average Bonchev–Trinajstić information content (AvgIpc) is 2.95. The molecule has 0 bridgehead atoms. The maximum absolute atomic E-state index is 13.5. The molecule has 156 valence electrons. The van der Waals surface area contributed by atoms with Crippen LogP contribution >= 0.6 is 0 Å². The Labute approximate surface area is 183 Å². The summed E-state index contributed by atoms with van der Waals surface area (Å²) in [6, 6.07) is 18.1. The van der Waals surface area contributed by atoms with Crippen LogP contribution in [0, 0.1) is 12.9 Å². The molecule has 0 radical (unpaired) electrons. The van der Waals surface area contributed by atoms with Crippen LogP contribution in [0.2, 0.25) is 0 Å². The number of nitrogens with zero attached hydrogens (tertiary/aromatic N) is 3. The first-order valence-corrected chi connectivity index (χ1v) is 10.2. The van der Waals surface area contributed by atoms with Gasteiger partial charge in [-0.3, -0.25) is 14.8 Å². The van der Waals surface area contributed by atoms with Crippen molar-refractivity contribution in [1.29, 1.82) is 0 Å². The van der Waals surface area contributed by atoms with E-state index in [1.165, 1.54) is 12.3 Å². The second-order valence-electron chi connectivity index (χ2n) is 7.61. The first-order chi connectivity index (χ1) is 15.6. The standard InChI is InChI=1S/C26H19FN4O/c1-16-3-2-10-28-24(16)15-29-20-7-4-17-5-8-23-22(26(32)21(17)12-20)11-19(14-30-23)18-6-9-25(27)31-13-18/h2-14,29H,15H2,1H3. The summed E-state index contributed by atoms with van der Waals surface area (Å²) in [7, 11) is 0. The highest BCUT2D eigenvalue weighted by molar-refractivity contribution is 5.94. The minimum absolute atomic E-state index is 0.109. The number of benzene rings is 1. The lowest BCUT2D eigenvalue weighted by atomic mass is 10.1. The molecule has 0 spiro atoms. The molecule has 6 heteroatoms. The summed E-state index contributed by atoms with van der Waals surface area (Å²) in [5.74, 6) is -0.551. The van der Waals surface area contributed by atoms with Crippen LogP contribution in [0.1, 0.15) is 11.3 Å². The Morgan fingerprint density at radius 1 is 0.875 bits per heavy atom. The molecule has 0 fully saturated rings. The lowest BCUT2D eigenvalue weighted by Crippen LogP contribution is -2.05. The molecule has 0 saturated heterocycles. The van der Waals surface area contributed by atoms with Crippen molar-refractivity contribution < 1.29 is 4.39 Å². The molecule has 3 aromatic heterocycles. The molecule has 0 aliphatic rings. The molecule has 5 nitrogen and oxygen atoms in total. The molecule has 0 unspecified atom stereocenters. The topological polar surface area (TPSA) is 67.8 Å². The van der Waals surface area contributed by atoms with Crippen LogP contribution in [0.15, 0.2) is 84.0 Å². The quantitative estimate of drug-likeness (QED) is 0.400. The molecule has 32 heavy (non-hydrogen) atoms. The fourth-order valence-electron chi connectivity index (χ4n) is 3.71. The summed E-state index contributed by atoms with van der Waals surface area (Å²) in [6.45, 7) is 2.59. The van der Waals surface area contributed by atoms with Gasteiger partial charge in [0.25, 0.3) is 0 Å². The number of aromatic nitrogens is 3. The lowest BCUT2D eigenvalue weighted by molar-refractivity contribution is 0.584. The van der Waals surface area contributed by atoms with Gasteiger partial charge < -0.3 is 5.32 Å². The van der Waals surface area contributed by atoms with Gasteiger partial charge in [0.05, 0.1) is 17.8 Å². The van der Waals surface area contributed by atoms with Crippen molar-refractivity contribution in [1.82, 2.24) is 15.0 Å². The van der Waals surface area contributed by atoms with Crippen molar-refractivity contribution in [2.24, 2.45) is 0 Å². The normalized spacial score (nSPS) is 11.1. The van der Waals surface area contributed by atoms with Crippen molar-refractivity contribution >= 4 is 27.4 Å². The Morgan fingerprint density at radius 2 is 1.72 bits per heavy atom. The first-order valence-electron chi connectivity index (χ1n) is 10.2. The van der Waals surface area contributed by atoms with Crippen LogP contribution in [0.25, 0.3) is 32.8 Å². The van der Waals surface area contributed by atoms with E-state index in [-0.39, 0.29) is 5.43 Å². The number of rotatable bonds is 4. The molecule has 0 saturated carbocycles. The molecule has 0 aliphatic carbocycles. The minimum atomic E-state index is -0.551.